The molecule has 3 heterocycles. The lowest BCUT2D eigenvalue weighted by Crippen LogP contribution is -2.45. The fourth-order valence-corrected chi connectivity index (χ4v) is 6.60. The molecule has 2 aliphatic rings. The molecular formula is C32H36N2O4. The summed E-state index contributed by atoms with van der Waals surface area (Å²) >= 11 is 0. The highest BCUT2D eigenvalue weighted by Gasteiger charge is 2.43. The molecule has 3 aromatic carbocycles. The third-order valence-corrected chi connectivity index (χ3v) is 8.29. The van der Waals surface area contributed by atoms with Gasteiger partial charge in [-0.2, -0.15) is 0 Å². The molecule has 0 aliphatic carbocycles. The standard InChI is InChI=1S/C32H36N2O4/c1-20(2)31-32-26(25-15-23(36-3)10-11-27(25)34(32)19-35)16-28-24-17-29(37-4)30(14-22(24)12-13-33(28)31)38-18-21-8-6-5-7-9-21/h5-11,14-15,17,20,28,31,35H,12-13,16,18-19H2,1-4H3. The normalized spacial score (nSPS) is 18.7. The number of hydrogen-bond donors (Lipinski definition) is 1. The van der Waals surface area contributed by atoms with Gasteiger partial charge in [0.05, 0.1) is 25.8 Å². The van der Waals surface area contributed by atoms with E-state index >= 15 is 0 Å². The fraction of sp³-hybridized carbons (Fsp3) is 0.375. The van der Waals surface area contributed by atoms with Crippen molar-refractivity contribution in [2.45, 2.75) is 52.1 Å². The van der Waals surface area contributed by atoms with Gasteiger partial charge in [0, 0.05) is 23.7 Å². The van der Waals surface area contributed by atoms with Crippen LogP contribution >= 0.6 is 0 Å². The van der Waals surface area contributed by atoms with E-state index in [1.165, 1.54) is 27.8 Å². The quantitative estimate of drug-likeness (QED) is 0.327. The lowest BCUT2D eigenvalue weighted by molar-refractivity contribution is 0.0673. The van der Waals surface area contributed by atoms with Crippen LogP contribution in [0.5, 0.6) is 17.2 Å². The van der Waals surface area contributed by atoms with Gasteiger partial charge < -0.3 is 23.9 Å². The van der Waals surface area contributed by atoms with E-state index in [9.17, 15) is 5.11 Å². The van der Waals surface area contributed by atoms with Crippen LogP contribution in [0.2, 0.25) is 0 Å². The highest BCUT2D eigenvalue weighted by atomic mass is 16.5. The minimum Gasteiger partial charge on any atom is -0.497 e. The van der Waals surface area contributed by atoms with E-state index in [4.69, 9.17) is 14.2 Å². The molecular weight excluding hydrogens is 476 g/mol. The number of aromatic nitrogens is 1. The van der Waals surface area contributed by atoms with Crippen molar-refractivity contribution in [1.82, 2.24) is 9.47 Å². The first-order valence-corrected chi connectivity index (χ1v) is 13.5. The van der Waals surface area contributed by atoms with Crippen molar-refractivity contribution in [3.8, 4) is 17.2 Å². The molecule has 2 atom stereocenters. The molecule has 0 saturated heterocycles. The van der Waals surface area contributed by atoms with Gasteiger partial charge in [-0.25, -0.2) is 0 Å². The Morgan fingerprint density at radius 2 is 1.79 bits per heavy atom. The maximum Gasteiger partial charge on any atom is 0.161 e. The largest absolute Gasteiger partial charge is 0.497 e. The van der Waals surface area contributed by atoms with Gasteiger partial charge in [0.1, 0.15) is 19.1 Å². The van der Waals surface area contributed by atoms with Gasteiger partial charge in [-0.15, -0.1) is 0 Å². The fourth-order valence-electron chi connectivity index (χ4n) is 6.60. The zero-order chi connectivity index (χ0) is 26.4. The summed E-state index contributed by atoms with van der Waals surface area (Å²) in [5, 5.41) is 11.6. The van der Waals surface area contributed by atoms with Gasteiger partial charge in [-0.1, -0.05) is 44.2 Å². The first-order valence-electron chi connectivity index (χ1n) is 13.5. The molecule has 4 aromatic rings. The summed E-state index contributed by atoms with van der Waals surface area (Å²) in [4.78, 5) is 2.64. The predicted molar refractivity (Wildman–Crippen MR) is 149 cm³/mol. The molecule has 38 heavy (non-hydrogen) atoms. The van der Waals surface area contributed by atoms with Crippen LogP contribution in [0.1, 0.15) is 53.9 Å². The highest BCUT2D eigenvalue weighted by molar-refractivity contribution is 5.87. The molecule has 6 heteroatoms. The van der Waals surface area contributed by atoms with Crippen molar-refractivity contribution >= 4 is 10.9 Å². The number of nitrogens with zero attached hydrogens (tertiary/aromatic N) is 2. The third kappa shape index (κ3) is 4.03. The van der Waals surface area contributed by atoms with Crippen LogP contribution in [-0.4, -0.2) is 35.3 Å². The summed E-state index contributed by atoms with van der Waals surface area (Å²) in [6.07, 6.45) is 1.82. The number of aliphatic hydroxyl groups is 1. The first kappa shape index (κ1) is 24.8. The van der Waals surface area contributed by atoms with Crippen LogP contribution < -0.4 is 14.2 Å². The Morgan fingerprint density at radius 3 is 2.50 bits per heavy atom. The second kappa shape index (κ2) is 10.0. The molecule has 0 spiro atoms. The molecule has 0 saturated carbocycles. The van der Waals surface area contributed by atoms with Crippen LogP contribution in [0.15, 0.2) is 60.7 Å². The minimum absolute atomic E-state index is 0.0353. The Labute approximate surface area is 224 Å². The topological polar surface area (TPSA) is 56.1 Å². The summed E-state index contributed by atoms with van der Waals surface area (Å²) in [5.74, 6) is 2.78. The molecule has 0 bridgehead atoms. The SMILES string of the molecule is COc1ccc2c(c1)c1c(n2CO)C(C(C)C)N2CCc3cc(OCc4ccccc4)c(OC)cc3C2C1. The molecule has 2 unspecified atom stereocenters. The van der Waals surface area contributed by atoms with Gasteiger partial charge in [-0.05, 0) is 71.3 Å². The minimum atomic E-state index is -0.0353. The van der Waals surface area contributed by atoms with Crippen molar-refractivity contribution in [2.75, 3.05) is 20.8 Å². The van der Waals surface area contributed by atoms with Crippen LogP contribution in [0.4, 0.5) is 0 Å². The summed E-state index contributed by atoms with van der Waals surface area (Å²) in [5.41, 5.74) is 7.37. The summed E-state index contributed by atoms with van der Waals surface area (Å²) in [6.45, 7) is 6.00. The van der Waals surface area contributed by atoms with E-state index in [1.54, 1.807) is 14.2 Å². The van der Waals surface area contributed by atoms with E-state index in [0.717, 1.165) is 47.7 Å². The molecule has 198 valence electrons. The average Bonchev–Trinajstić information content (AvgIpc) is 3.26. The summed E-state index contributed by atoms with van der Waals surface area (Å²) in [7, 11) is 3.42. The zero-order valence-corrected chi connectivity index (χ0v) is 22.6. The predicted octanol–water partition coefficient (Wildman–Crippen LogP) is 6.04. The van der Waals surface area contributed by atoms with Gasteiger partial charge in [0.2, 0.25) is 0 Å². The second-order valence-corrected chi connectivity index (χ2v) is 10.7. The van der Waals surface area contributed by atoms with Crippen LogP contribution in [0.3, 0.4) is 0 Å². The Bertz CT molecular complexity index is 1460. The summed E-state index contributed by atoms with van der Waals surface area (Å²) < 4.78 is 19.8. The number of ether oxygens (including phenoxy) is 3. The Kier molecular flexibility index (Phi) is 6.54. The molecule has 2 aliphatic heterocycles. The van der Waals surface area contributed by atoms with E-state index in [2.05, 4.69) is 59.7 Å². The number of hydrogen-bond acceptors (Lipinski definition) is 5. The van der Waals surface area contributed by atoms with E-state index in [-0.39, 0.29) is 18.8 Å². The van der Waals surface area contributed by atoms with Crippen molar-refractivity contribution in [3.63, 3.8) is 0 Å². The summed E-state index contributed by atoms with van der Waals surface area (Å²) in [6, 6.07) is 21.2. The molecule has 0 radical (unpaired) electrons. The van der Waals surface area contributed by atoms with Crippen molar-refractivity contribution in [1.29, 1.82) is 0 Å². The lowest BCUT2D eigenvalue weighted by atomic mass is 9.79. The Hall–Kier alpha value is -3.48. The zero-order valence-electron chi connectivity index (χ0n) is 22.6. The Morgan fingerprint density at radius 1 is 0.974 bits per heavy atom. The van der Waals surface area contributed by atoms with Gasteiger partial charge in [0.25, 0.3) is 0 Å². The van der Waals surface area contributed by atoms with Gasteiger partial charge in [0.15, 0.2) is 11.5 Å². The van der Waals surface area contributed by atoms with Crippen molar-refractivity contribution in [3.05, 3.63) is 88.6 Å². The lowest BCUT2D eigenvalue weighted by Gasteiger charge is -2.48. The smallest absolute Gasteiger partial charge is 0.161 e. The van der Waals surface area contributed by atoms with Crippen molar-refractivity contribution in [2.24, 2.45) is 5.92 Å². The highest BCUT2D eigenvalue weighted by Crippen LogP contribution is 2.51. The number of aliphatic hydroxyl groups excluding tert-OH is 1. The Balaban J connectivity index is 1.44. The molecule has 1 N–H and O–H groups in total. The second-order valence-electron chi connectivity index (χ2n) is 10.7. The van der Waals surface area contributed by atoms with Crippen molar-refractivity contribution < 1.29 is 19.3 Å². The van der Waals surface area contributed by atoms with E-state index in [1.807, 2.05) is 24.3 Å². The monoisotopic (exact) mass is 512 g/mol. The molecule has 6 rings (SSSR count). The van der Waals surface area contributed by atoms with E-state index in [0.29, 0.717) is 12.5 Å². The maximum atomic E-state index is 10.5. The van der Waals surface area contributed by atoms with Crippen LogP contribution in [-0.2, 0) is 26.2 Å². The van der Waals surface area contributed by atoms with Gasteiger partial charge >= 0.3 is 0 Å². The van der Waals surface area contributed by atoms with Crippen LogP contribution in [0.25, 0.3) is 10.9 Å². The van der Waals surface area contributed by atoms with Crippen LogP contribution in [0, 0.1) is 5.92 Å². The third-order valence-electron chi connectivity index (χ3n) is 8.29. The van der Waals surface area contributed by atoms with Gasteiger partial charge in [-0.3, -0.25) is 4.90 Å². The molecule has 1 aromatic heterocycles. The molecule has 0 fully saturated rings. The number of benzene rings is 3. The number of methoxy groups -OCH3 is 2. The maximum absolute atomic E-state index is 10.5. The molecule has 6 nitrogen and oxygen atoms in total. The first-order chi connectivity index (χ1) is 18.5. The average molecular weight is 513 g/mol. The van der Waals surface area contributed by atoms with E-state index < -0.39 is 0 Å². The molecule has 0 amide bonds. The number of rotatable bonds is 7. The number of fused-ring (bicyclic) bond motifs is 6.